The molecule has 1 aromatic heterocycles. The summed E-state index contributed by atoms with van der Waals surface area (Å²) in [7, 11) is 0. The highest BCUT2D eigenvalue weighted by atomic mass is 35.5. The summed E-state index contributed by atoms with van der Waals surface area (Å²) in [6, 6.07) is 4.88. The zero-order chi connectivity index (χ0) is 18.7. The van der Waals surface area contributed by atoms with Gasteiger partial charge in [0.1, 0.15) is 5.82 Å². The second kappa shape index (κ2) is 11.0. The van der Waals surface area contributed by atoms with Gasteiger partial charge in [0.25, 0.3) is 0 Å². The number of halogens is 3. The van der Waals surface area contributed by atoms with Crippen molar-refractivity contribution in [3.05, 3.63) is 29.0 Å². The van der Waals surface area contributed by atoms with E-state index in [0.717, 1.165) is 43.0 Å². The Hall–Kier alpha value is -1.34. The predicted octanol–water partition coefficient (Wildman–Crippen LogP) is 4.48. The van der Waals surface area contributed by atoms with Gasteiger partial charge in [0.05, 0.1) is 11.1 Å². The molecule has 3 N–H and O–H groups in total. The van der Waals surface area contributed by atoms with E-state index >= 15 is 0 Å². The molecule has 0 spiro atoms. The van der Waals surface area contributed by atoms with Crippen LogP contribution in [-0.2, 0) is 17.8 Å². The maximum atomic E-state index is 12.3. The van der Waals surface area contributed by atoms with Crippen LogP contribution in [0.1, 0.15) is 45.4 Å². The Morgan fingerprint density at radius 1 is 1.25 bits per heavy atom. The fourth-order valence-corrected chi connectivity index (χ4v) is 3.51. The second-order valence-electron chi connectivity index (χ2n) is 7.32. The maximum absolute atomic E-state index is 12.3. The molecule has 1 amide bonds. The van der Waals surface area contributed by atoms with Crippen molar-refractivity contribution in [1.82, 2.24) is 14.8 Å². The van der Waals surface area contributed by atoms with Gasteiger partial charge in [-0.05, 0) is 43.4 Å². The molecule has 1 aliphatic rings. The molecule has 0 radical (unpaired) electrons. The summed E-state index contributed by atoms with van der Waals surface area (Å²) in [5, 5.41) is 12.2. The molecule has 28 heavy (non-hydrogen) atoms. The lowest BCUT2D eigenvalue weighted by Crippen LogP contribution is -2.36. The summed E-state index contributed by atoms with van der Waals surface area (Å²) in [6.45, 7) is 4.99. The SMILES string of the molecule is CC(C)C[C@H](N)C(=O)Nc1ccc(Cl)c(-c2nnc3n2CCCCC3)c1.Cl.Cl. The van der Waals surface area contributed by atoms with Crippen LogP contribution in [0.3, 0.4) is 0 Å². The Morgan fingerprint density at radius 3 is 2.71 bits per heavy atom. The number of carbonyl (C=O) groups is 1. The van der Waals surface area contributed by atoms with Crippen LogP contribution in [0.15, 0.2) is 18.2 Å². The number of nitrogens with zero attached hydrogens (tertiary/aromatic N) is 3. The van der Waals surface area contributed by atoms with Crippen LogP contribution in [0.5, 0.6) is 0 Å². The van der Waals surface area contributed by atoms with Gasteiger partial charge in [0, 0.05) is 24.2 Å². The van der Waals surface area contributed by atoms with Gasteiger partial charge in [0.15, 0.2) is 5.82 Å². The first-order valence-electron chi connectivity index (χ1n) is 9.24. The molecule has 2 heterocycles. The van der Waals surface area contributed by atoms with E-state index in [2.05, 4.69) is 20.1 Å². The zero-order valence-electron chi connectivity index (χ0n) is 16.2. The molecule has 9 heteroatoms. The molecular weight excluding hydrogens is 421 g/mol. The van der Waals surface area contributed by atoms with Crippen LogP contribution < -0.4 is 11.1 Å². The second-order valence-corrected chi connectivity index (χ2v) is 7.73. The molecule has 2 aromatic rings. The quantitative estimate of drug-likeness (QED) is 0.706. The number of rotatable bonds is 5. The number of fused-ring (bicyclic) bond motifs is 1. The van der Waals surface area contributed by atoms with Crippen molar-refractivity contribution in [3.8, 4) is 11.4 Å². The first-order chi connectivity index (χ1) is 12.5. The van der Waals surface area contributed by atoms with E-state index in [1.807, 2.05) is 19.9 Å². The minimum Gasteiger partial charge on any atom is -0.325 e. The lowest BCUT2D eigenvalue weighted by molar-refractivity contribution is -0.117. The molecule has 3 rings (SSSR count). The van der Waals surface area contributed by atoms with Crippen molar-refractivity contribution in [2.75, 3.05) is 5.32 Å². The number of hydrogen-bond acceptors (Lipinski definition) is 4. The van der Waals surface area contributed by atoms with Crippen molar-refractivity contribution < 1.29 is 4.79 Å². The van der Waals surface area contributed by atoms with Crippen molar-refractivity contribution in [3.63, 3.8) is 0 Å². The van der Waals surface area contributed by atoms with Crippen molar-refractivity contribution in [2.24, 2.45) is 11.7 Å². The number of anilines is 1. The molecule has 0 saturated carbocycles. The highest BCUT2D eigenvalue weighted by Gasteiger charge is 2.20. The van der Waals surface area contributed by atoms with Crippen LogP contribution in [0.4, 0.5) is 5.69 Å². The van der Waals surface area contributed by atoms with Crippen LogP contribution in [-0.4, -0.2) is 26.7 Å². The molecule has 1 aromatic carbocycles. The molecule has 6 nitrogen and oxygen atoms in total. The molecule has 156 valence electrons. The average Bonchev–Trinajstić information content (AvgIpc) is 2.84. The summed E-state index contributed by atoms with van der Waals surface area (Å²) in [4.78, 5) is 12.3. The first kappa shape index (κ1) is 24.7. The third-order valence-corrected chi connectivity index (χ3v) is 4.98. The largest absolute Gasteiger partial charge is 0.325 e. The summed E-state index contributed by atoms with van der Waals surface area (Å²) < 4.78 is 2.14. The Labute approximate surface area is 183 Å². The first-order valence-corrected chi connectivity index (χ1v) is 9.62. The Bertz CT molecular complexity index is 794. The number of hydrogen-bond donors (Lipinski definition) is 2. The van der Waals surface area contributed by atoms with Gasteiger partial charge in [0.2, 0.25) is 5.91 Å². The molecule has 0 unspecified atom stereocenters. The molecular formula is C19H28Cl3N5O. The number of amides is 1. The predicted molar refractivity (Wildman–Crippen MR) is 119 cm³/mol. The van der Waals surface area contributed by atoms with Gasteiger partial charge in [-0.1, -0.05) is 31.9 Å². The molecule has 0 saturated heterocycles. The highest BCUT2D eigenvalue weighted by Crippen LogP contribution is 2.31. The van der Waals surface area contributed by atoms with E-state index in [1.54, 1.807) is 12.1 Å². The summed E-state index contributed by atoms with van der Waals surface area (Å²) in [5.74, 6) is 1.94. The smallest absolute Gasteiger partial charge is 0.241 e. The van der Waals surface area contributed by atoms with Gasteiger partial charge in [-0.2, -0.15) is 0 Å². The molecule has 0 fully saturated rings. The van der Waals surface area contributed by atoms with Gasteiger partial charge >= 0.3 is 0 Å². The maximum Gasteiger partial charge on any atom is 0.241 e. The number of benzene rings is 1. The Balaban J connectivity index is 0.00000196. The monoisotopic (exact) mass is 447 g/mol. The van der Waals surface area contributed by atoms with Crippen molar-refractivity contribution >= 4 is 48.0 Å². The van der Waals surface area contributed by atoms with E-state index in [0.29, 0.717) is 23.0 Å². The third kappa shape index (κ3) is 5.83. The third-order valence-electron chi connectivity index (χ3n) is 4.65. The lowest BCUT2D eigenvalue weighted by atomic mass is 10.0. The number of aryl methyl sites for hydroxylation is 1. The van der Waals surface area contributed by atoms with E-state index < -0.39 is 6.04 Å². The van der Waals surface area contributed by atoms with Gasteiger partial charge < -0.3 is 15.6 Å². The Morgan fingerprint density at radius 2 is 2.00 bits per heavy atom. The standard InChI is InChI=1S/C19H26ClN5O.2ClH/c1-12(2)10-16(21)19(26)22-13-7-8-15(20)14(11-13)18-24-23-17-6-4-3-5-9-25(17)18;;/h7-8,11-12,16H,3-6,9-10,21H2,1-2H3,(H,22,26);2*1H/t16-;;/m0../s1. The van der Waals surface area contributed by atoms with E-state index in [-0.39, 0.29) is 30.7 Å². The minimum absolute atomic E-state index is 0. The summed E-state index contributed by atoms with van der Waals surface area (Å²) in [6.07, 6.45) is 5.02. The Kier molecular flexibility index (Phi) is 9.70. The summed E-state index contributed by atoms with van der Waals surface area (Å²) >= 11 is 6.42. The summed E-state index contributed by atoms with van der Waals surface area (Å²) in [5.41, 5.74) is 7.42. The fourth-order valence-electron chi connectivity index (χ4n) is 3.31. The number of nitrogens with one attached hydrogen (secondary N) is 1. The number of carbonyl (C=O) groups excluding carboxylic acids is 1. The molecule has 1 aliphatic heterocycles. The lowest BCUT2D eigenvalue weighted by Gasteiger charge is -2.15. The van der Waals surface area contributed by atoms with E-state index in [4.69, 9.17) is 17.3 Å². The normalized spacial score (nSPS) is 14.3. The average molecular weight is 449 g/mol. The van der Waals surface area contributed by atoms with E-state index in [9.17, 15) is 4.79 Å². The fraction of sp³-hybridized carbons (Fsp3) is 0.526. The van der Waals surface area contributed by atoms with Crippen LogP contribution in [0.25, 0.3) is 11.4 Å². The van der Waals surface area contributed by atoms with Crippen molar-refractivity contribution in [1.29, 1.82) is 0 Å². The highest BCUT2D eigenvalue weighted by molar-refractivity contribution is 6.33. The van der Waals surface area contributed by atoms with Gasteiger partial charge in [-0.25, -0.2) is 0 Å². The van der Waals surface area contributed by atoms with Crippen LogP contribution in [0.2, 0.25) is 5.02 Å². The number of nitrogens with two attached hydrogens (primary N) is 1. The zero-order valence-corrected chi connectivity index (χ0v) is 18.5. The minimum atomic E-state index is -0.529. The molecule has 0 bridgehead atoms. The van der Waals surface area contributed by atoms with Crippen molar-refractivity contribution in [2.45, 2.75) is 58.5 Å². The molecule has 1 atom stereocenters. The van der Waals surface area contributed by atoms with E-state index in [1.165, 1.54) is 6.42 Å². The van der Waals surface area contributed by atoms with Crippen LogP contribution in [0, 0.1) is 5.92 Å². The van der Waals surface area contributed by atoms with Crippen LogP contribution >= 0.6 is 36.4 Å². The van der Waals surface area contributed by atoms with Gasteiger partial charge in [-0.15, -0.1) is 35.0 Å². The number of aromatic nitrogens is 3. The molecule has 0 aliphatic carbocycles. The topological polar surface area (TPSA) is 85.8 Å². The van der Waals surface area contributed by atoms with Gasteiger partial charge in [-0.3, -0.25) is 4.79 Å².